The van der Waals surface area contributed by atoms with Crippen molar-refractivity contribution in [2.45, 2.75) is 13.0 Å². The molecule has 1 aromatic carbocycles. The maximum Gasteiger partial charge on any atom is 0.252 e. The number of nitrogens with one attached hydrogen (secondary N) is 1. The lowest BCUT2D eigenvalue weighted by Crippen LogP contribution is -2.36. The lowest BCUT2D eigenvalue weighted by molar-refractivity contribution is 0.0948. The highest BCUT2D eigenvalue weighted by molar-refractivity contribution is 5.95. The Hall–Kier alpha value is -1.99. The molecule has 0 bridgehead atoms. The number of nitrogens with zero attached hydrogens (tertiary/aromatic N) is 1. The van der Waals surface area contributed by atoms with Crippen LogP contribution in [0.4, 0.5) is 5.69 Å². The van der Waals surface area contributed by atoms with Gasteiger partial charge in [0.25, 0.3) is 5.91 Å². The second kappa shape index (κ2) is 6.26. The van der Waals surface area contributed by atoms with Crippen LogP contribution >= 0.6 is 0 Å². The number of ether oxygens (including phenoxy) is 1. The van der Waals surface area contributed by atoms with Crippen molar-refractivity contribution in [3.63, 3.8) is 0 Å². The predicted molar refractivity (Wildman–Crippen MR) is 75.2 cm³/mol. The topological polar surface area (TPSA) is 41.6 Å². The van der Waals surface area contributed by atoms with E-state index in [-0.39, 0.29) is 11.9 Å². The minimum Gasteiger partial charge on any atom is -0.378 e. The summed E-state index contributed by atoms with van der Waals surface area (Å²) in [5.74, 6) is 2.35. The van der Waals surface area contributed by atoms with Gasteiger partial charge in [-0.15, -0.1) is 6.42 Å². The third-order valence-electron chi connectivity index (χ3n) is 3.08. The molecule has 1 aliphatic heterocycles. The number of carbonyl (C=O) groups is 1. The first-order valence-corrected chi connectivity index (χ1v) is 6.40. The average Bonchev–Trinajstić information content (AvgIpc) is 2.48. The summed E-state index contributed by atoms with van der Waals surface area (Å²) in [5.41, 5.74) is 1.68. The van der Waals surface area contributed by atoms with E-state index < -0.39 is 0 Å². The second-order valence-electron chi connectivity index (χ2n) is 4.51. The van der Waals surface area contributed by atoms with Gasteiger partial charge in [0.2, 0.25) is 0 Å². The number of hydrogen-bond donors (Lipinski definition) is 1. The quantitative estimate of drug-likeness (QED) is 0.830. The van der Waals surface area contributed by atoms with Crippen molar-refractivity contribution in [1.29, 1.82) is 0 Å². The van der Waals surface area contributed by atoms with E-state index in [9.17, 15) is 4.79 Å². The molecule has 1 unspecified atom stereocenters. The largest absolute Gasteiger partial charge is 0.378 e. The average molecular weight is 258 g/mol. The molecular formula is C15H18N2O2. The molecular weight excluding hydrogens is 240 g/mol. The Kier molecular flexibility index (Phi) is 4.43. The molecule has 4 nitrogen and oxygen atoms in total. The summed E-state index contributed by atoms with van der Waals surface area (Å²) < 4.78 is 5.32. The van der Waals surface area contributed by atoms with Crippen LogP contribution in [0.3, 0.4) is 0 Å². The Labute approximate surface area is 113 Å². The number of amides is 1. The van der Waals surface area contributed by atoms with E-state index in [4.69, 9.17) is 11.2 Å². The van der Waals surface area contributed by atoms with Crippen molar-refractivity contribution >= 4 is 11.6 Å². The number of carbonyl (C=O) groups excluding carboxylic acids is 1. The van der Waals surface area contributed by atoms with Crippen LogP contribution in [0.5, 0.6) is 0 Å². The van der Waals surface area contributed by atoms with Crippen LogP contribution in [0, 0.1) is 12.3 Å². The van der Waals surface area contributed by atoms with Gasteiger partial charge in [-0.25, -0.2) is 0 Å². The predicted octanol–water partition coefficient (Wildman–Crippen LogP) is 1.27. The first kappa shape index (κ1) is 13.4. The molecule has 2 rings (SSSR count). The van der Waals surface area contributed by atoms with Gasteiger partial charge in [0.1, 0.15) is 0 Å². The Morgan fingerprint density at radius 3 is 2.89 bits per heavy atom. The first-order chi connectivity index (χ1) is 9.20. The summed E-state index contributed by atoms with van der Waals surface area (Å²) in [6, 6.07) is 7.32. The van der Waals surface area contributed by atoms with E-state index in [2.05, 4.69) is 16.1 Å². The minimum absolute atomic E-state index is 0.138. The lowest BCUT2D eigenvalue weighted by Gasteiger charge is -2.29. The van der Waals surface area contributed by atoms with E-state index in [0.29, 0.717) is 5.56 Å². The highest BCUT2D eigenvalue weighted by Crippen LogP contribution is 2.17. The van der Waals surface area contributed by atoms with Gasteiger partial charge in [-0.1, -0.05) is 12.0 Å². The van der Waals surface area contributed by atoms with Crippen LogP contribution in [0.15, 0.2) is 24.3 Å². The SMILES string of the molecule is C#CC(C)NC(=O)c1cccc(N2CCOCC2)c1. The molecule has 1 aliphatic rings. The van der Waals surface area contributed by atoms with Gasteiger partial charge in [-0.3, -0.25) is 4.79 Å². The molecule has 0 aromatic heterocycles. The molecule has 1 atom stereocenters. The number of hydrogen-bond acceptors (Lipinski definition) is 3. The maximum atomic E-state index is 12.0. The highest BCUT2D eigenvalue weighted by atomic mass is 16.5. The van der Waals surface area contributed by atoms with Crippen molar-refractivity contribution in [3.8, 4) is 12.3 Å². The fraction of sp³-hybridized carbons (Fsp3) is 0.400. The standard InChI is InChI=1S/C15H18N2O2/c1-3-12(2)16-15(18)13-5-4-6-14(11-13)17-7-9-19-10-8-17/h1,4-6,11-12H,7-10H2,2H3,(H,16,18). The van der Waals surface area contributed by atoms with Crippen molar-refractivity contribution in [2.75, 3.05) is 31.2 Å². The number of terminal acetylenes is 1. The molecule has 100 valence electrons. The van der Waals surface area contributed by atoms with Crippen LogP contribution in [0.25, 0.3) is 0 Å². The van der Waals surface area contributed by atoms with E-state index in [1.165, 1.54) is 0 Å². The molecule has 0 aliphatic carbocycles. The van der Waals surface area contributed by atoms with Crippen molar-refractivity contribution < 1.29 is 9.53 Å². The number of benzene rings is 1. The summed E-state index contributed by atoms with van der Waals surface area (Å²) in [6.07, 6.45) is 5.26. The first-order valence-electron chi connectivity index (χ1n) is 6.40. The van der Waals surface area contributed by atoms with Crippen molar-refractivity contribution in [3.05, 3.63) is 29.8 Å². The number of morpholine rings is 1. The monoisotopic (exact) mass is 258 g/mol. The van der Waals surface area contributed by atoms with Gasteiger partial charge >= 0.3 is 0 Å². The molecule has 4 heteroatoms. The Morgan fingerprint density at radius 1 is 1.47 bits per heavy atom. The third kappa shape index (κ3) is 3.49. The molecule has 0 radical (unpaired) electrons. The van der Waals surface area contributed by atoms with Crippen LogP contribution < -0.4 is 10.2 Å². The van der Waals surface area contributed by atoms with E-state index in [1.807, 2.05) is 18.2 Å². The maximum absolute atomic E-state index is 12.0. The molecule has 1 saturated heterocycles. The normalized spacial score (nSPS) is 16.5. The lowest BCUT2D eigenvalue weighted by atomic mass is 10.1. The fourth-order valence-electron chi connectivity index (χ4n) is 1.99. The molecule has 1 heterocycles. The van der Waals surface area contributed by atoms with Gasteiger partial charge in [-0.05, 0) is 25.1 Å². The summed E-state index contributed by atoms with van der Waals surface area (Å²) >= 11 is 0. The summed E-state index contributed by atoms with van der Waals surface area (Å²) in [4.78, 5) is 14.2. The molecule has 0 saturated carbocycles. The van der Waals surface area contributed by atoms with Gasteiger partial charge in [0, 0.05) is 24.3 Å². The van der Waals surface area contributed by atoms with Crippen LogP contribution in [0.2, 0.25) is 0 Å². The van der Waals surface area contributed by atoms with E-state index in [1.54, 1.807) is 13.0 Å². The molecule has 0 spiro atoms. The van der Waals surface area contributed by atoms with Crippen molar-refractivity contribution in [2.24, 2.45) is 0 Å². The van der Waals surface area contributed by atoms with Gasteiger partial charge in [-0.2, -0.15) is 0 Å². The summed E-state index contributed by atoms with van der Waals surface area (Å²) in [7, 11) is 0. The molecule has 19 heavy (non-hydrogen) atoms. The van der Waals surface area contributed by atoms with E-state index in [0.717, 1.165) is 32.0 Å². The highest BCUT2D eigenvalue weighted by Gasteiger charge is 2.13. The van der Waals surface area contributed by atoms with Crippen molar-refractivity contribution in [1.82, 2.24) is 5.32 Å². The van der Waals surface area contributed by atoms with Crippen LogP contribution in [-0.4, -0.2) is 38.3 Å². The Morgan fingerprint density at radius 2 is 2.21 bits per heavy atom. The fourth-order valence-corrected chi connectivity index (χ4v) is 1.99. The molecule has 1 aromatic rings. The third-order valence-corrected chi connectivity index (χ3v) is 3.08. The molecule has 1 N–H and O–H groups in total. The smallest absolute Gasteiger partial charge is 0.252 e. The van der Waals surface area contributed by atoms with E-state index >= 15 is 0 Å². The zero-order valence-corrected chi connectivity index (χ0v) is 11.1. The molecule has 1 fully saturated rings. The van der Waals surface area contributed by atoms with Gasteiger partial charge < -0.3 is 15.0 Å². The second-order valence-corrected chi connectivity index (χ2v) is 4.51. The van der Waals surface area contributed by atoms with Crippen LogP contribution in [-0.2, 0) is 4.74 Å². The van der Waals surface area contributed by atoms with Gasteiger partial charge in [0.15, 0.2) is 0 Å². The summed E-state index contributed by atoms with van der Waals surface area (Å²) in [6.45, 7) is 4.94. The Balaban J connectivity index is 2.10. The summed E-state index contributed by atoms with van der Waals surface area (Å²) in [5, 5.41) is 2.76. The molecule has 1 amide bonds. The zero-order chi connectivity index (χ0) is 13.7. The van der Waals surface area contributed by atoms with Gasteiger partial charge in [0.05, 0.1) is 19.3 Å². The van der Waals surface area contributed by atoms with Crippen LogP contribution in [0.1, 0.15) is 17.3 Å². The number of rotatable bonds is 3. The minimum atomic E-state index is -0.264. The zero-order valence-electron chi connectivity index (χ0n) is 11.1. The number of anilines is 1. The Bertz CT molecular complexity index is 487.